The Morgan fingerprint density at radius 1 is 0.460 bits per heavy atom. The molecule has 50 heavy (non-hydrogen) atoms. The van der Waals surface area contributed by atoms with Crippen molar-refractivity contribution in [2.24, 2.45) is 0 Å². The zero-order valence-electron chi connectivity index (χ0n) is 31.8. The molecular formula is C47H47B2N. The molecule has 0 N–H and O–H groups in total. The Bertz CT molecular complexity index is 2320. The molecular weight excluding hydrogens is 600 g/mol. The standard InChI is InChI=1S/C47H47B2N/c1-12-25-20-22-31-39-35(25)46(8,9)29-18-14-16-27-37(29)48(39)41-33(44(27,4)5)24(3)34-42-43(41)50(31)32-23-21-26(13-2)36-40(32)49(42)38-28(45(34,6)7)17-15-19-30(38)47(36,10)11/h14-23H,12-13H2,1-11H3. The van der Waals surface area contributed by atoms with Gasteiger partial charge in [0.05, 0.1) is 0 Å². The summed E-state index contributed by atoms with van der Waals surface area (Å²) in [7, 11) is 0. The lowest BCUT2D eigenvalue weighted by molar-refractivity contribution is 0.599. The van der Waals surface area contributed by atoms with E-state index in [0.29, 0.717) is 0 Å². The van der Waals surface area contributed by atoms with Gasteiger partial charge in [-0.3, -0.25) is 0 Å². The molecule has 0 amide bonds. The molecule has 11 rings (SSSR count). The fraction of sp³-hybridized carbons (Fsp3) is 0.362. The van der Waals surface area contributed by atoms with Crippen molar-refractivity contribution >= 4 is 63.3 Å². The molecule has 0 atom stereocenters. The van der Waals surface area contributed by atoms with Crippen LogP contribution < -0.4 is 37.7 Å². The van der Waals surface area contributed by atoms with E-state index >= 15 is 0 Å². The maximum atomic E-state index is 2.82. The minimum absolute atomic E-state index is 0.0888. The summed E-state index contributed by atoms with van der Waals surface area (Å²) in [5.74, 6) is 0. The predicted molar refractivity (Wildman–Crippen MR) is 215 cm³/mol. The molecule has 5 aromatic carbocycles. The summed E-state index contributed by atoms with van der Waals surface area (Å²) in [6, 6.07) is 24.7. The lowest BCUT2D eigenvalue weighted by Gasteiger charge is -2.58. The van der Waals surface area contributed by atoms with Gasteiger partial charge in [0.25, 0.3) is 0 Å². The summed E-state index contributed by atoms with van der Waals surface area (Å²) in [5, 5.41) is 0. The van der Waals surface area contributed by atoms with Crippen LogP contribution in [0.15, 0.2) is 60.7 Å². The van der Waals surface area contributed by atoms with Gasteiger partial charge in [0.2, 0.25) is 13.4 Å². The maximum Gasteiger partial charge on any atom is 0.248 e. The van der Waals surface area contributed by atoms with Crippen molar-refractivity contribution in [3.05, 3.63) is 122 Å². The lowest BCUT2D eigenvalue weighted by Crippen LogP contribution is -2.75. The molecule has 3 heteroatoms. The van der Waals surface area contributed by atoms with Crippen molar-refractivity contribution in [1.29, 1.82) is 0 Å². The summed E-state index contributed by atoms with van der Waals surface area (Å²) in [4.78, 5) is 2.82. The summed E-state index contributed by atoms with van der Waals surface area (Å²) in [6.07, 6.45) is 2.10. The summed E-state index contributed by atoms with van der Waals surface area (Å²) in [5.41, 5.74) is 30.5. The van der Waals surface area contributed by atoms with E-state index in [1.165, 1.54) is 56.0 Å². The average molecular weight is 648 g/mol. The quantitative estimate of drug-likeness (QED) is 0.187. The number of hydrogen-bond acceptors (Lipinski definition) is 1. The molecule has 0 saturated carbocycles. The Morgan fingerprint density at radius 3 is 1.18 bits per heavy atom. The van der Waals surface area contributed by atoms with Gasteiger partial charge in [-0.25, -0.2) is 0 Å². The zero-order valence-corrected chi connectivity index (χ0v) is 31.8. The van der Waals surface area contributed by atoms with Gasteiger partial charge in [-0.2, -0.15) is 0 Å². The van der Waals surface area contributed by atoms with E-state index in [4.69, 9.17) is 0 Å². The van der Waals surface area contributed by atoms with Crippen LogP contribution in [0.5, 0.6) is 0 Å². The fourth-order valence-corrected chi connectivity index (χ4v) is 13.4. The average Bonchev–Trinajstić information content (AvgIpc) is 3.08. The van der Waals surface area contributed by atoms with Crippen LogP contribution in [0.3, 0.4) is 0 Å². The molecule has 0 aliphatic carbocycles. The minimum Gasteiger partial charge on any atom is -0.312 e. The van der Waals surface area contributed by atoms with Gasteiger partial charge >= 0.3 is 0 Å². The van der Waals surface area contributed by atoms with Gasteiger partial charge in [0.15, 0.2) is 0 Å². The summed E-state index contributed by atoms with van der Waals surface area (Å²) in [6.45, 7) is 27.9. The number of nitrogens with zero attached hydrogens (tertiary/aromatic N) is 1. The van der Waals surface area contributed by atoms with Crippen LogP contribution in [0.4, 0.5) is 17.1 Å². The van der Waals surface area contributed by atoms with Crippen molar-refractivity contribution in [1.82, 2.24) is 0 Å². The van der Waals surface area contributed by atoms with Crippen LogP contribution in [0, 0.1) is 6.92 Å². The van der Waals surface area contributed by atoms with Gasteiger partial charge in [-0.05, 0) is 115 Å². The lowest BCUT2D eigenvalue weighted by atomic mass is 9.21. The van der Waals surface area contributed by atoms with Gasteiger partial charge in [-0.1, -0.05) is 129 Å². The fourth-order valence-electron chi connectivity index (χ4n) is 13.4. The highest BCUT2D eigenvalue weighted by Crippen LogP contribution is 2.54. The molecule has 1 nitrogen and oxygen atoms in total. The van der Waals surface area contributed by atoms with Crippen molar-refractivity contribution < 1.29 is 0 Å². The molecule has 5 aromatic rings. The van der Waals surface area contributed by atoms with E-state index in [1.54, 1.807) is 55.0 Å². The number of benzene rings is 5. The van der Waals surface area contributed by atoms with Crippen LogP contribution in [0.1, 0.15) is 130 Å². The van der Waals surface area contributed by atoms with Gasteiger partial charge in [0, 0.05) is 38.7 Å². The third-order valence-electron chi connectivity index (χ3n) is 15.0. The molecule has 6 aliphatic heterocycles. The topological polar surface area (TPSA) is 3.24 Å². The third-order valence-corrected chi connectivity index (χ3v) is 15.0. The van der Waals surface area contributed by atoms with E-state index in [2.05, 4.69) is 142 Å². The summed E-state index contributed by atoms with van der Waals surface area (Å²) < 4.78 is 0. The summed E-state index contributed by atoms with van der Waals surface area (Å²) >= 11 is 0. The molecule has 6 heterocycles. The smallest absolute Gasteiger partial charge is 0.248 e. The van der Waals surface area contributed by atoms with Crippen molar-refractivity contribution in [3.63, 3.8) is 0 Å². The first-order chi connectivity index (χ1) is 23.7. The second kappa shape index (κ2) is 8.55. The normalized spacial score (nSPS) is 19.8. The van der Waals surface area contributed by atoms with E-state index in [9.17, 15) is 0 Å². The van der Waals surface area contributed by atoms with Crippen molar-refractivity contribution in [2.45, 2.75) is 111 Å². The second-order valence-electron chi connectivity index (χ2n) is 18.6. The highest BCUT2D eigenvalue weighted by Gasteiger charge is 2.60. The van der Waals surface area contributed by atoms with Crippen LogP contribution in [0.2, 0.25) is 0 Å². The van der Waals surface area contributed by atoms with E-state index in [1.807, 2.05) is 0 Å². The number of rotatable bonds is 2. The first-order valence-corrected chi connectivity index (χ1v) is 19.3. The molecule has 0 radical (unpaired) electrons. The monoisotopic (exact) mass is 647 g/mol. The maximum absolute atomic E-state index is 2.82. The van der Waals surface area contributed by atoms with Crippen molar-refractivity contribution in [2.75, 3.05) is 4.90 Å². The highest BCUT2D eigenvalue weighted by molar-refractivity contribution is 7.04. The van der Waals surface area contributed by atoms with Gasteiger partial charge < -0.3 is 4.90 Å². The van der Waals surface area contributed by atoms with Crippen molar-refractivity contribution in [3.8, 4) is 0 Å². The second-order valence-corrected chi connectivity index (χ2v) is 18.6. The Labute approximate surface area is 299 Å². The molecule has 0 spiro atoms. The molecule has 246 valence electrons. The van der Waals surface area contributed by atoms with E-state index < -0.39 is 0 Å². The first kappa shape index (κ1) is 29.7. The number of fused-ring (bicyclic) bond motifs is 2. The van der Waals surface area contributed by atoms with Crippen LogP contribution in [-0.2, 0) is 34.5 Å². The van der Waals surface area contributed by atoms with Crippen LogP contribution >= 0.6 is 0 Å². The van der Waals surface area contributed by atoms with Gasteiger partial charge in [0.1, 0.15) is 0 Å². The first-order valence-electron chi connectivity index (χ1n) is 19.3. The van der Waals surface area contributed by atoms with E-state index in [0.717, 1.165) is 12.8 Å². The predicted octanol–water partition coefficient (Wildman–Crippen LogP) is 6.81. The number of hydrogen-bond donors (Lipinski definition) is 0. The zero-order chi connectivity index (χ0) is 34.8. The SMILES string of the molecule is CCc1ccc2c3c1C(C)(C)c1cccc4c1B3c1c3c5c(c(C)c1C4(C)C)C(C)(C)c1cccc4c1B5c1c(ccc(CC)c1C4(C)C)N23. The molecule has 0 aromatic heterocycles. The minimum atomic E-state index is -0.129. The molecule has 0 fully saturated rings. The third kappa shape index (κ3) is 2.82. The van der Waals surface area contributed by atoms with Gasteiger partial charge in [-0.15, -0.1) is 0 Å². The molecule has 6 aliphatic rings. The highest BCUT2D eigenvalue weighted by atomic mass is 15.2. The number of aryl methyl sites for hydroxylation is 2. The molecule has 0 saturated heterocycles. The Hall–Kier alpha value is -3.97. The van der Waals surface area contributed by atoms with Crippen LogP contribution in [0.25, 0.3) is 0 Å². The largest absolute Gasteiger partial charge is 0.312 e. The Kier molecular flexibility index (Phi) is 5.09. The molecule has 0 bridgehead atoms. The van der Waals surface area contributed by atoms with E-state index in [-0.39, 0.29) is 35.1 Å². The molecule has 0 unspecified atom stereocenters. The van der Waals surface area contributed by atoms with Crippen LogP contribution in [-0.4, -0.2) is 13.4 Å². The Balaban J connectivity index is 1.43. The Morgan fingerprint density at radius 2 is 0.820 bits per heavy atom. The number of anilines is 3.